The van der Waals surface area contributed by atoms with E-state index in [9.17, 15) is 19.5 Å². The number of Topliss-reactive ketones (excluding diaryl/α,β-unsaturated/α-hetero) is 1. The van der Waals surface area contributed by atoms with Crippen molar-refractivity contribution in [3.8, 4) is 17.2 Å². The van der Waals surface area contributed by atoms with Crippen LogP contribution in [0.4, 0.5) is 5.13 Å². The summed E-state index contributed by atoms with van der Waals surface area (Å²) in [6.07, 6.45) is 3.03. The van der Waals surface area contributed by atoms with E-state index in [4.69, 9.17) is 18.9 Å². The highest BCUT2D eigenvalue weighted by atomic mass is 32.1. The van der Waals surface area contributed by atoms with Gasteiger partial charge in [0.15, 0.2) is 16.6 Å². The number of benzene rings is 2. The number of rotatable bonds is 13. The van der Waals surface area contributed by atoms with Crippen LogP contribution in [0.3, 0.4) is 0 Å². The molecule has 1 aliphatic heterocycles. The number of aliphatic hydroxyl groups is 1. The summed E-state index contributed by atoms with van der Waals surface area (Å²) in [5.74, 6) is -1.44. The molecule has 2 heterocycles. The third-order valence-corrected chi connectivity index (χ3v) is 7.47. The van der Waals surface area contributed by atoms with Crippen molar-refractivity contribution < 1.29 is 38.4 Å². The third-order valence-electron chi connectivity index (χ3n) is 6.33. The highest BCUT2D eigenvalue weighted by Gasteiger charge is 2.48. The van der Waals surface area contributed by atoms with E-state index in [1.165, 1.54) is 11.0 Å². The fraction of sp³-hybridized carbons (Fsp3) is 0.250. The van der Waals surface area contributed by atoms with Crippen LogP contribution in [0.1, 0.15) is 46.4 Å². The molecule has 224 valence electrons. The summed E-state index contributed by atoms with van der Waals surface area (Å²) in [5.41, 5.74) is 0.931. The molecule has 4 rings (SSSR count). The van der Waals surface area contributed by atoms with Gasteiger partial charge in [-0.1, -0.05) is 42.7 Å². The van der Waals surface area contributed by atoms with E-state index in [1.807, 2.05) is 13.8 Å². The number of amides is 1. The predicted molar refractivity (Wildman–Crippen MR) is 163 cm³/mol. The fourth-order valence-corrected chi connectivity index (χ4v) is 5.47. The summed E-state index contributed by atoms with van der Waals surface area (Å²) >= 11 is 0.910. The second kappa shape index (κ2) is 13.8. The van der Waals surface area contributed by atoms with Crippen molar-refractivity contribution in [3.05, 3.63) is 95.0 Å². The van der Waals surface area contributed by atoms with Crippen molar-refractivity contribution in [2.45, 2.75) is 26.8 Å². The molecule has 0 saturated carbocycles. The minimum atomic E-state index is -1.11. The number of carbonyl (C=O) groups is 3. The number of ether oxygens (including phenoxy) is 4. The fourth-order valence-electron chi connectivity index (χ4n) is 4.48. The summed E-state index contributed by atoms with van der Waals surface area (Å²) in [6, 6.07) is 10.4. The van der Waals surface area contributed by atoms with Gasteiger partial charge >= 0.3 is 11.9 Å². The number of anilines is 1. The number of aromatic nitrogens is 1. The lowest BCUT2D eigenvalue weighted by molar-refractivity contribution is -0.132. The highest BCUT2D eigenvalue weighted by molar-refractivity contribution is 7.17. The van der Waals surface area contributed by atoms with E-state index >= 15 is 0 Å². The molecule has 0 aliphatic carbocycles. The molecule has 1 unspecified atom stereocenters. The lowest BCUT2D eigenvalue weighted by Crippen LogP contribution is -2.29. The van der Waals surface area contributed by atoms with E-state index in [0.717, 1.165) is 11.3 Å². The second-order valence-corrected chi connectivity index (χ2v) is 10.1. The van der Waals surface area contributed by atoms with Crippen molar-refractivity contribution in [3.63, 3.8) is 0 Å². The first-order chi connectivity index (χ1) is 20.7. The maximum atomic E-state index is 13.6. The van der Waals surface area contributed by atoms with E-state index < -0.39 is 23.7 Å². The zero-order valence-corrected chi connectivity index (χ0v) is 24.9. The van der Waals surface area contributed by atoms with E-state index in [2.05, 4.69) is 18.1 Å². The summed E-state index contributed by atoms with van der Waals surface area (Å²) in [7, 11) is 0. The van der Waals surface area contributed by atoms with Crippen LogP contribution < -0.4 is 19.1 Å². The van der Waals surface area contributed by atoms with Crippen molar-refractivity contribution in [2.75, 3.05) is 31.3 Å². The Morgan fingerprint density at radius 2 is 1.70 bits per heavy atom. The van der Waals surface area contributed by atoms with E-state index in [1.54, 1.807) is 55.5 Å². The molecule has 1 fully saturated rings. The average Bonchev–Trinajstić information content (AvgIpc) is 3.51. The Morgan fingerprint density at radius 1 is 1.00 bits per heavy atom. The largest absolute Gasteiger partial charge is 0.507 e. The zero-order valence-electron chi connectivity index (χ0n) is 24.1. The number of hydrogen-bond acceptors (Lipinski definition) is 10. The molecule has 1 amide bonds. The van der Waals surface area contributed by atoms with Crippen molar-refractivity contribution >= 4 is 39.9 Å². The molecular formula is C32H32N2O8S. The van der Waals surface area contributed by atoms with Gasteiger partial charge in [-0.2, -0.15) is 0 Å². The lowest BCUT2D eigenvalue weighted by atomic mass is 9.95. The van der Waals surface area contributed by atoms with Crippen LogP contribution in [0.15, 0.2) is 73.3 Å². The second-order valence-electron chi connectivity index (χ2n) is 9.16. The number of ketones is 1. The molecule has 0 bridgehead atoms. The Kier molecular flexibility index (Phi) is 9.99. The number of hydrogen-bond donors (Lipinski definition) is 1. The van der Waals surface area contributed by atoms with Gasteiger partial charge < -0.3 is 24.1 Å². The summed E-state index contributed by atoms with van der Waals surface area (Å²) < 4.78 is 22.2. The third kappa shape index (κ3) is 6.46. The first-order valence-electron chi connectivity index (χ1n) is 13.6. The van der Waals surface area contributed by atoms with Crippen LogP contribution >= 0.6 is 11.3 Å². The average molecular weight is 605 g/mol. The Labute approximate surface area is 253 Å². The van der Waals surface area contributed by atoms with Gasteiger partial charge in [0.05, 0.1) is 30.5 Å². The van der Waals surface area contributed by atoms with Gasteiger partial charge in [0, 0.05) is 5.56 Å². The van der Waals surface area contributed by atoms with Gasteiger partial charge in [-0.25, -0.2) is 9.78 Å². The predicted octanol–water partition coefficient (Wildman–Crippen LogP) is 5.78. The normalized spacial score (nSPS) is 15.7. The summed E-state index contributed by atoms with van der Waals surface area (Å²) in [5, 5.41) is 11.6. The summed E-state index contributed by atoms with van der Waals surface area (Å²) in [6.45, 7) is 13.5. The molecule has 0 radical (unpaired) electrons. The maximum absolute atomic E-state index is 13.6. The van der Waals surface area contributed by atoms with Crippen molar-refractivity contribution in [1.29, 1.82) is 0 Å². The topological polar surface area (TPSA) is 124 Å². The maximum Gasteiger partial charge on any atom is 0.350 e. The Hall–Kier alpha value is -4.90. The molecule has 1 aromatic heterocycles. The van der Waals surface area contributed by atoms with E-state index in [-0.39, 0.29) is 34.6 Å². The van der Waals surface area contributed by atoms with Crippen LogP contribution in [0, 0.1) is 6.92 Å². The first kappa shape index (κ1) is 31.0. The van der Waals surface area contributed by atoms with Crippen LogP contribution in [-0.4, -0.2) is 54.2 Å². The van der Waals surface area contributed by atoms with Crippen LogP contribution in [-0.2, 0) is 14.3 Å². The van der Waals surface area contributed by atoms with Gasteiger partial charge in [-0.15, -0.1) is 0 Å². The first-order valence-corrected chi connectivity index (χ1v) is 14.4. The molecule has 2 aromatic carbocycles. The molecular weight excluding hydrogens is 572 g/mol. The molecule has 1 aliphatic rings. The van der Waals surface area contributed by atoms with Crippen LogP contribution in [0.5, 0.6) is 17.2 Å². The molecule has 1 atom stereocenters. The van der Waals surface area contributed by atoms with Gasteiger partial charge in [-0.05, 0) is 62.7 Å². The summed E-state index contributed by atoms with van der Waals surface area (Å²) in [4.78, 5) is 45.7. The number of esters is 1. The lowest BCUT2D eigenvalue weighted by Gasteiger charge is -2.24. The Morgan fingerprint density at radius 3 is 2.35 bits per heavy atom. The van der Waals surface area contributed by atoms with Gasteiger partial charge in [0.25, 0.3) is 5.78 Å². The number of aryl methyl sites for hydroxylation is 1. The molecule has 1 N–H and O–H groups in total. The smallest absolute Gasteiger partial charge is 0.350 e. The quantitative estimate of drug-likeness (QED) is 0.0849. The van der Waals surface area contributed by atoms with Crippen LogP contribution in [0.2, 0.25) is 0 Å². The minimum absolute atomic E-state index is 0.00140. The SMILES string of the molecule is C=CCOC(=O)c1sc(N2C(=O)C(=O)/C(=C(/O)c3ccc(OCC)cc3)C2c2ccc(OCC=C)c(OCC)c2)nc1C. The molecule has 11 heteroatoms. The molecule has 0 spiro atoms. The van der Waals surface area contributed by atoms with Crippen LogP contribution in [0.25, 0.3) is 5.76 Å². The van der Waals surface area contributed by atoms with Crippen molar-refractivity contribution in [1.82, 2.24) is 4.98 Å². The monoisotopic (exact) mass is 604 g/mol. The van der Waals surface area contributed by atoms with E-state index in [0.29, 0.717) is 47.3 Å². The molecule has 3 aromatic rings. The van der Waals surface area contributed by atoms with Gasteiger partial charge in [0.2, 0.25) is 0 Å². The highest BCUT2D eigenvalue weighted by Crippen LogP contribution is 2.45. The van der Waals surface area contributed by atoms with Gasteiger partial charge in [0.1, 0.15) is 29.6 Å². The Bertz CT molecular complexity index is 1570. The van der Waals surface area contributed by atoms with Crippen molar-refractivity contribution in [2.24, 2.45) is 0 Å². The zero-order chi connectivity index (χ0) is 31.1. The minimum Gasteiger partial charge on any atom is -0.507 e. The molecule has 43 heavy (non-hydrogen) atoms. The number of thiazole rings is 1. The number of carbonyl (C=O) groups excluding carboxylic acids is 3. The van der Waals surface area contributed by atoms with Gasteiger partial charge in [-0.3, -0.25) is 14.5 Å². The Balaban J connectivity index is 1.90. The molecule has 1 saturated heterocycles. The standard InChI is InChI=1S/C32H32N2O8S/c1-6-16-41-23-15-12-21(18-24(23)40-9-4)26-25(27(35)20-10-13-22(14-11-20)39-8-3)28(36)30(37)34(26)32-33-19(5)29(43-32)31(38)42-17-7-2/h6-7,10-15,18,26,35H,1-2,8-9,16-17H2,3-5H3/b27-25+. The molecule has 10 nitrogen and oxygen atoms in total. The number of nitrogens with zero attached hydrogens (tertiary/aromatic N) is 2. The number of aliphatic hydroxyl groups excluding tert-OH is 1.